The molecule has 0 unspecified atom stereocenters. The van der Waals surface area contributed by atoms with Crippen LogP contribution in [0, 0.1) is 11.3 Å². The minimum absolute atomic E-state index is 0. The maximum absolute atomic E-state index is 12.7. The summed E-state index contributed by atoms with van der Waals surface area (Å²) < 4.78 is 41.2. The van der Waals surface area contributed by atoms with E-state index in [9.17, 15) is 18.3 Å². The van der Waals surface area contributed by atoms with E-state index in [1.807, 2.05) is 22.8 Å². The molecule has 0 saturated carbocycles. The van der Waals surface area contributed by atoms with Crippen LogP contribution in [-0.2, 0) is 12.7 Å². The van der Waals surface area contributed by atoms with Crippen molar-refractivity contribution in [1.29, 1.82) is 5.41 Å². The second kappa shape index (κ2) is 11.4. The molecule has 1 aromatic heterocycles. The minimum atomic E-state index is -4.37. The molecule has 1 atom stereocenters. The fourth-order valence-electron chi connectivity index (χ4n) is 4.10. The molecule has 4 nitrogen and oxygen atoms in total. The van der Waals surface area contributed by atoms with Crippen LogP contribution in [0.3, 0.4) is 0 Å². The van der Waals surface area contributed by atoms with Gasteiger partial charge in [0.15, 0.2) is 4.80 Å². The summed E-state index contributed by atoms with van der Waals surface area (Å²) >= 11 is 7.48. The van der Waals surface area contributed by atoms with Crippen LogP contribution in [0.5, 0.6) is 0 Å². The first-order chi connectivity index (χ1) is 14.7. The summed E-state index contributed by atoms with van der Waals surface area (Å²) in [6.07, 6.45) is -3.31. The van der Waals surface area contributed by atoms with E-state index in [-0.39, 0.29) is 24.8 Å². The average Bonchev–Trinajstić information content (AvgIpc) is 3.03. The standard InChI is InChI=1S/C22H23ClF3N3OS.2ClH/c23-17-5-6-18-20(11-17)31-21(27)29(18)12-14-7-9-28(10-8-14)13-19(30)15-1-3-16(4-2-15)22(24,25)26;;/h1-6,11,14,19,27,30H,7-10,12-13H2;2*1H/t19-;;/m0../s1. The lowest BCUT2D eigenvalue weighted by atomic mass is 9.96. The lowest BCUT2D eigenvalue weighted by Gasteiger charge is -2.33. The number of likely N-dealkylation sites (tertiary alicyclic amines) is 1. The third-order valence-electron chi connectivity index (χ3n) is 5.87. The van der Waals surface area contributed by atoms with E-state index >= 15 is 0 Å². The van der Waals surface area contributed by atoms with Crippen molar-refractivity contribution in [3.63, 3.8) is 0 Å². The van der Waals surface area contributed by atoms with Crippen molar-refractivity contribution in [1.82, 2.24) is 9.47 Å². The number of halogens is 6. The highest BCUT2D eigenvalue weighted by Crippen LogP contribution is 2.30. The van der Waals surface area contributed by atoms with Gasteiger partial charge in [-0.1, -0.05) is 35.1 Å². The highest BCUT2D eigenvalue weighted by atomic mass is 35.5. The van der Waals surface area contributed by atoms with E-state index in [0.717, 1.165) is 54.8 Å². The molecule has 3 aromatic rings. The Bertz CT molecular complexity index is 1110. The van der Waals surface area contributed by atoms with Crippen molar-refractivity contribution in [2.45, 2.75) is 31.7 Å². The van der Waals surface area contributed by atoms with Gasteiger partial charge in [-0.3, -0.25) is 5.41 Å². The molecular formula is C22H25Cl3F3N3OS. The summed E-state index contributed by atoms with van der Waals surface area (Å²) in [4.78, 5) is 2.66. The summed E-state index contributed by atoms with van der Waals surface area (Å²) in [6, 6.07) is 10.4. The number of hydrogen-bond donors (Lipinski definition) is 2. The van der Waals surface area contributed by atoms with Crippen LogP contribution >= 0.6 is 47.8 Å². The van der Waals surface area contributed by atoms with Crippen LogP contribution in [0.4, 0.5) is 13.2 Å². The molecule has 1 aliphatic rings. The summed E-state index contributed by atoms with van der Waals surface area (Å²) in [7, 11) is 0. The zero-order chi connectivity index (χ0) is 22.2. The highest BCUT2D eigenvalue weighted by Gasteiger charge is 2.30. The van der Waals surface area contributed by atoms with E-state index in [4.69, 9.17) is 17.0 Å². The van der Waals surface area contributed by atoms with Crippen LogP contribution in [0.2, 0.25) is 5.02 Å². The molecule has 0 spiro atoms. The highest BCUT2D eigenvalue weighted by molar-refractivity contribution is 7.16. The topological polar surface area (TPSA) is 52.2 Å². The molecule has 33 heavy (non-hydrogen) atoms. The first-order valence-electron chi connectivity index (χ1n) is 10.1. The quantitative estimate of drug-likeness (QED) is 0.407. The Labute approximate surface area is 211 Å². The predicted octanol–water partition coefficient (Wildman–Crippen LogP) is 6.14. The van der Waals surface area contributed by atoms with Crippen molar-refractivity contribution in [2.75, 3.05) is 19.6 Å². The number of aromatic nitrogens is 1. The van der Waals surface area contributed by atoms with Crippen LogP contribution < -0.4 is 4.80 Å². The maximum Gasteiger partial charge on any atom is 0.416 e. The van der Waals surface area contributed by atoms with Crippen molar-refractivity contribution in [3.8, 4) is 0 Å². The molecule has 0 radical (unpaired) electrons. The van der Waals surface area contributed by atoms with Gasteiger partial charge in [0, 0.05) is 18.1 Å². The first kappa shape index (κ1) is 28.0. The van der Waals surface area contributed by atoms with Gasteiger partial charge >= 0.3 is 6.18 Å². The number of piperidine rings is 1. The van der Waals surface area contributed by atoms with Crippen molar-refractivity contribution >= 4 is 58.0 Å². The summed E-state index contributed by atoms with van der Waals surface area (Å²) in [5, 5.41) is 19.4. The van der Waals surface area contributed by atoms with Gasteiger partial charge in [0.25, 0.3) is 0 Å². The van der Waals surface area contributed by atoms with Crippen LogP contribution in [0.25, 0.3) is 10.2 Å². The molecule has 1 fully saturated rings. The SMILES string of the molecule is Cl.Cl.N=c1sc2cc(Cl)ccc2n1CC1CCN(C[C@H](O)c2ccc(C(F)(F)F)cc2)CC1. The van der Waals surface area contributed by atoms with Crippen molar-refractivity contribution < 1.29 is 18.3 Å². The number of fused-ring (bicyclic) bond motifs is 1. The Hall–Kier alpha value is -1.29. The second-order valence-electron chi connectivity index (χ2n) is 8.01. The summed E-state index contributed by atoms with van der Waals surface area (Å²) in [5.74, 6) is 0.432. The number of rotatable bonds is 5. The van der Waals surface area contributed by atoms with E-state index in [2.05, 4.69) is 4.90 Å². The number of hydrogen-bond acceptors (Lipinski definition) is 4. The fourth-order valence-corrected chi connectivity index (χ4v) is 5.29. The Morgan fingerprint density at radius 2 is 1.73 bits per heavy atom. The number of aliphatic hydroxyl groups excluding tert-OH is 1. The number of β-amino-alcohol motifs (C(OH)–C–C–N with tert-alkyl or cyclic N) is 1. The van der Waals surface area contributed by atoms with E-state index < -0.39 is 17.8 Å². The molecule has 4 rings (SSSR count). The zero-order valence-corrected chi connectivity index (χ0v) is 20.7. The third-order valence-corrected chi connectivity index (χ3v) is 7.06. The molecular weight excluding hydrogens is 518 g/mol. The average molecular weight is 543 g/mol. The molecule has 0 amide bonds. The minimum Gasteiger partial charge on any atom is -0.387 e. The second-order valence-corrected chi connectivity index (χ2v) is 9.48. The van der Waals surface area contributed by atoms with E-state index in [0.29, 0.717) is 27.9 Å². The molecule has 1 saturated heterocycles. The Kier molecular flexibility index (Phi) is 9.68. The number of aliphatic hydroxyl groups is 1. The Morgan fingerprint density at radius 1 is 1.09 bits per heavy atom. The molecule has 2 heterocycles. The molecule has 182 valence electrons. The fraction of sp³-hybridized carbons (Fsp3) is 0.409. The van der Waals surface area contributed by atoms with Gasteiger partial charge in [-0.25, -0.2) is 0 Å². The van der Waals surface area contributed by atoms with E-state index in [1.165, 1.54) is 23.5 Å². The first-order valence-corrected chi connectivity index (χ1v) is 11.3. The summed E-state index contributed by atoms with van der Waals surface area (Å²) in [5.41, 5.74) is 0.811. The molecule has 2 N–H and O–H groups in total. The van der Waals surface area contributed by atoms with Crippen LogP contribution in [0.15, 0.2) is 42.5 Å². The maximum atomic E-state index is 12.7. The molecule has 0 aliphatic carbocycles. The van der Waals surface area contributed by atoms with Gasteiger partial charge in [-0.15, -0.1) is 24.8 Å². The monoisotopic (exact) mass is 541 g/mol. The largest absolute Gasteiger partial charge is 0.416 e. The van der Waals surface area contributed by atoms with Gasteiger partial charge in [0.1, 0.15) is 0 Å². The van der Waals surface area contributed by atoms with E-state index in [1.54, 1.807) is 0 Å². The predicted molar refractivity (Wildman–Crippen MR) is 131 cm³/mol. The van der Waals surface area contributed by atoms with Gasteiger partial charge in [0.2, 0.25) is 0 Å². The lowest BCUT2D eigenvalue weighted by molar-refractivity contribution is -0.137. The molecule has 0 bridgehead atoms. The molecule has 1 aliphatic heterocycles. The number of nitrogens with one attached hydrogen (secondary N) is 1. The third kappa shape index (κ3) is 6.65. The Balaban J connectivity index is 0.00000193. The number of nitrogens with zero attached hydrogens (tertiary/aromatic N) is 2. The summed E-state index contributed by atoms with van der Waals surface area (Å²) in [6.45, 7) is 2.79. The van der Waals surface area contributed by atoms with Gasteiger partial charge in [0.05, 0.1) is 21.9 Å². The molecule has 11 heteroatoms. The lowest BCUT2D eigenvalue weighted by Crippen LogP contribution is -2.38. The number of alkyl halides is 3. The number of thiazole rings is 1. The van der Waals surface area contributed by atoms with Crippen molar-refractivity contribution in [3.05, 3.63) is 63.4 Å². The normalized spacial score (nSPS) is 16.3. The van der Waals surface area contributed by atoms with Crippen LogP contribution in [0.1, 0.15) is 30.1 Å². The molecule has 2 aromatic carbocycles. The van der Waals surface area contributed by atoms with Gasteiger partial charge in [-0.2, -0.15) is 13.2 Å². The number of benzene rings is 2. The van der Waals surface area contributed by atoms with Crippen molar-refractivity contribution in [2.24, 2.45) is 5.92 Å². The van der Waals surface area contributed by atoms with Gasteiger partial charge < -0.3 is 14.6 Å². The van der Waals surface area contributed by atoms with Gasteiger partial charge in [-0.05, 0) is 67.7 Å². The Morgan fingerprint density at radius 3 is 2.33 bits per heavy atom. The zero-order valence-electron chi connectivity index (χ0n) is 17.5. The van der Waals surface area contributed by atoms with Crippen LogP contribution in [-0.4, -0.2) is 34.2 Å². The smallest absolute Gasteiger partial charge is 0.387 e.